The van der Waals surface area contributed by atoms with Crippen molar-refractivity contribution in [3.63, 3.8) is 0 Å². The zero-order chi connectivity index (χ0) is 16.2. The van der Waals surface area contributed by atoms with Gasteiger partial charge in [-0.05, 0) is 24.6 Å². The maximum absolute atomic E-state index is 12.2. The van der Waals surface area contributed by atoms with Gasteiger partial charge >= 0.3 is 6.09 Å². The molecule has 4 nitrogen and oxygen atoms in total. The van der Waals surface area contributed by atoms with Gasteiger partial charge in [0.05, 0.1) is 18.5 Å². The zero-order valence-electron chi connectivity index (χ0n) is 12.6. The van der Waals surface area contributed by atoms with Gasteiger partial charge < -0.3 is 4.74 Å². The number of hydrogen-bond donors (Lipinski definition) is 0. The van der Waals surface area contributed by atoms with Gasteiger partial charge in [0.25, 0.3) is 0 Å². The highest BCUT2D eigenvalue weighted by atomic mass is 35.5. The molecule has 3 aromatic rings. The van der Waals surface area contributed by atoms with Crippen LogP contribution in [0.2, 0.25) is 5.02 Å². The van der Waals surface area contributed by atoms with Crippen LogP contribution in [0.4, 0.5) is 4.79 Å². The molecule has 0 bridgehead atoms. The van der Waals surface area contributed by atoms with E-state index in [4.69, 9.17) is 16.3 Å². The fourth-order valence-electron chi connectivity index (χ4n) is 2.39. The molecule has 0 spiro atoms. The van der Waals surface area contributed by atoms with Gasteiger partial charge in [0.15, 0.2) is 0 Å². The molecule has 116 valence electrons. The van der Waals surface area contributed by atoms with Gasteiger partial charge in [-0.25, -0.2) is 4.79 Å². The van der Waals surface area contributed by atoms with Crippen LogP contribution < -0.4 is 0 Å². The van der Waals surface area contributed by atoms with Crippen molar-refractivity contribution in [3.8, 4) is 22.4 Å². The Hall–Kier alpha value is -2.59. The van der Waals surface area contributed by atoms with Crippen LogP contribution in [0.3, 0.4) is 0 Å². The summed E-state index contributed by atoms with van der Waals surface area (Å²) in [7, 11) is 0. The quantitative estimate of drug-likeness (QED) is 0.689. The Labute approximate surface area is 139 Å². The summed E-state index contributed by atoms with van der Waals surface area (Å²) in [6, 6.07) is 17.1. The van der Waals surface area contributed by atoms with Crippen molar-refractivity contribution in [3.05, 3.63) is 65.8 Å². The molecule has 0 N–H and O–H groups in total. The first-order valence-corrected chi connectivity index (χ1v) is 7.65. The second-order valence-corrected chi connectivity index (χ2v) is 5.33. The molecule has 1 heterocycles. The summed E-state index contributed by atoms with van der Waals surface area (Å²) < 4.78 is 6.39. The first-order valence-electron chi connectivity index (χ1n) is 7.27. The van der Waals surface area contributed by atoms with E-state index in [1.807, 2.05) is 42.5 Å². The van der Waals surface area contributed by atoms with E-state index in [9.17, 15) is 4.79 Å². The van der Waals surface area contributed by atoms with Gasteiger partial charge in [-0.3, -0.25) is 0 Å². The SMILES string of the molecule is CCOC(=O)n1ncc(-c2ccccc2)c1-c1ccc(Cl)cc1. The number of ether oxygens (including phenoxy) is 1. The monoisotopic (exact) mass is 326 g/mol. The van der Waals surface area contributed by atoms with Crippen molar-refractivity contribution in [1.29, 1.82) is 0 Å². The van der Waals surface area contributed by atoms with E-state index in [0.29, 0.717) is 17.3 Å². The summed E-state index contributed by atoms with van der Waals surface area (Å²) in [6.45, 7) is 2.06. The summed E-state index contributed by atoms with van der Waals surface area (Å²) in [5.41, 5.74) is 3.37. The van der Waals surface area contributed by atoms with Crippen LogP contribution in [-0.4, -0.2) is 22.5 Å². The van der Waals surface area contributed by atoms with Gasteiger partial charge in [-0.15, -0.1) is 0 Å². The van der Waals surface area contributed by atoms with Crippen LogP contribution in [0.5, 0.6) is 0 Å². The van der Waals surface area contributed by atoms with Gasteiger partial charge in [-0.2, -0.15) is 9.78 Å². The molecule has 3 rings (SSSR count). The molecule has 0 radical (unpaired) electrons. The molecule has 23 heavy (non-hydrogen) atoms. The number of rotatable bonds is 3. The molecule has 0 amide bonds. The molecular formula is C18H15ClN2O2. The molecule has 5 heteroatoms. The summed E-state index contributed by atoms with van der Waals surface area (Å²) in [5.74, 6) is 0. The van der Waals surface area contributed by atoms with Crippen LogP contribution in [0.1, 0.15) is 6.92 Å². The number of aromatic nitrogens is 2. The normalized spacial score (nSPS) is 10.5. The second-order valence-electron chi connectivity index (χ2n) is 4.89. The summed E-state index contributed by atoms with van der Waals surface area (Å²) in [6.07, 6.45) is 1.18. The Morgan fingerprint density at radius 1 is 1.09 bits per heavy atom. The van der Waals surface area contributed by atoms with Crippen LogP contribution in [0, 0.1) is 0 Å². The Bertz CT molecular complexity index is 811. The summed E-state index contributed by atoms with van der Waals surface area (Å²) in [5, 5.41) is 4.86. The number of hydrogen-bond acceptors (Lipinski definition) is 3. The standard InChI is InChI=1S/C18H15ClN2O2/c1-2-23-18(22)21-17(14-8-10-15(19)11-9-14)16(12-20-21)13-6-4-3-5-7-13/h3-12H,2H2,1H3. The third-order valence-corrected chi connectivity index (χ3v) is 3.66. The van der Waals surface area contributed by atoms with Crippen molar-refractivity contribution >= 4 is 17.7 Å². The Morgan fingerprint density at radius 3 is 2.43 bits per heavy atom. The lowest BCUT2D eigenvalue weighted by atomic mass is 10.0. The van der Waals surface area contributed by atoms with Crippen molar-refractivity contribution in [2.45, 2.75) is 6.92 Å². The predicted octanol–water partition coefficient (Wildman–Crippen LogP) is 4.88. The van der Waals surface area contributed by atoms with E-state index in [1.54, 1.807) is 25.3 Å². The van der Waals surface area contributed by atoms with E-state index in [2.05, 4.69) is 5.10 Å². The van der Waals surface area contributed by atoms with Crippen molar-refractivity contribution in [2.24, 2.45) is 0 Å². The van der Waals surface area contributed by atoms with Crippen LogP contribution in [0.25, 0.3) is 22.4 Å². The van der Waals surface area contributed by atoms with Crippen molar-refractivity contribution < 1.29 is 9.53 Å². The highest BCUT2D eigenvalue weighted by molar-refractivity contribution is 6.30. The fourth-order valence-corrected chi connectivity index (χ4v) is 2.51. The van der Waals surface area contributed by atoms with E-state index in [-0.39, 0.29) is 0 Å². The molecule has 0 aliphatic rings. The van der Waals surface area contributed by atoms with E-state index < -0.39 is 6.09 Å². The average Bonchev–Trinajstić information content (AvgIpc) is 3.01. The van der Waals surface area contributed by atoms with Crippen molar-refractivity contribution in [1.82, 2.24) is 9.78 Å². The number of carbonyl (C=O) groups is 1. The molecule has 0 unspecified atom stereocenters. The molecule has 0 fully saturated rings. The Kier molecular flexibility index (Phi) is 4.44. The van der Waals surface area contributed by atoms with E-state index >= 15 is 0 Å². The summed E-state index contributed by atoms with van der Waals surface area (Å²) in [4.78, 5) is 12.2. The van der Waals surface area contributed by atoms with Crippen molar-refractivity contribution in [2.75, 3.05) is 6.61 Å². The van der Waals surface area contributed by atoms with Crippen LogP contribution >= 0.6 is 11.6 Å². The minimum Gasteiger partial charge on any atom is -0.448 e. The van der Waals surface area contributed by atoms with Gasteiger partial charge in [0, 0.05) is 16.1 Å². The number of benzene rings is 2. The molecule has 0 atom stereocenters. The lowest BCUT2D eigenvalue weighted by Gasteiger charge is -2.09. The molecule has 0 aliphatic carbocycles. The topological polar surface area (TPSA) is 44.1 Å². The minimum absolute atomic E-state index is 0.291. The third kappa shape index (κ3) is 3.12. The van der Waals surface area contributed by atoms with Gasteiger partial charge in [0.1, 0.15) is 0 Å². The van der Waals surface area contributed by atoms with Gasteiger partial charge in [-0.1, -0.05) is 54.1 Å². The molecule has 2 aromatic carbocycles. The maximum atomic E-state index is 12.2. The predicted molar refractivity (Wildman–Crippen MR) is 90.5 cm³/mol. The van der Waals surface area contributed by atoms with Crippen LogP contribution in [-0.2, 0) is 4.74 Å². The molecular weight excluding hydrogens is 312 g/mol. The summed E-state index contributed by atoms with van der Waals surface area (Å²) >= 11 is 5.97. The smallest absolute Gasteiger partial charge is 0.435 e. The zero-order valence-corrected chi connectivity index (χ0v) is 13.3. The number of halogens is 1. The first kappa shape index (κ1) is 15.3. The van der Waals surface area contributed by atoms with Gasteiger partial charge in [0.2, 0.25) is 0 Å². The molecule has 0 saturated carbocycles. The average molecular weight is 327 g/mol. The highest BCUT2D eigenvalue weighted by Crippen LogP contribution is 2.32. The Morgan fingerprint density at radius 2 is 1.78 bits per heavy atom. The van der Waals surface area contributed by atoms with E-state index in [0.717, 1.165) is 16.7 Å². The molecule has 0 saturated heterocycles. The lowest BCUT2D eigenvalue weighted by molar-refractivity contribution is 0.151. The van der Waals surface area contributed by atoms with Crippen LogP contribution in [0.15, 0.2) is 60.8 Å². The molecule has 1 aromatic heterocycles. The second kappa shape index (κ2) is 6.67. The largest absolute Gasteiger partial charge is 0.448 e. The number of carbonyl (C=O) groups excluding carboxylic acids is 1. The third-order valence-electron chi connectivity index (χ3n) is 3.41. The minimum atomic E-state index is -0.500. The van der Waals surface area contributed by atoms with E-state index in [1.165, 1.54) is 4.68 Å². The lowest BCUT2D eigenvalue weighted by Crippen LogP contribution is -2.16. The number of nitrogens with zero attached hydrogens (tertiary/aromatic N) is 2. The Balaban J connectivity index is 2.18. The highest BCUT2D eigenvalue weighted by Gasteiger charge is 2.19. The maximum Gasteiger partial charge on any atom is 0.435 e. The fraction of sp³-hybridized carbons (Fsp3) is 0.111. The first-order chi connectivity index (χ1) is 11.2. The molecule has 0 aliphatic heterocycles.